The lowest BCUT2D eigenvalue weighted by Crippen LogP contribution is -2.43. The molecule has 20 heavy (non-hydrogen) atoms. The smallest absolute Gasteiger partial charge is 0.327 e. The summed E-state index contributed by atoms with van der Waals surface area (Å²) in [4.78, 5) is 2.95. The molecule has 1 heterocycles. The molecule has 0 aliphatic carbocycles. The molecule has 1 aromatic rings. The van der Waals surface area contributed by atoms with Crippen molar-refractivity contribution in [2.24, 2.45) is 5.73 Å². The summed E-state index contributed by atoms with van der Waals surface area (Å²) in [6.07, 6.45) is -2.09. The second kappa shape index (κ2) is 6.83. The zero-order chi connectivity index (χ0) is 14.6. The van der Waals surface area contributed by atoms with Gasteiger partial charge in [0.25, 0.3) is 0 Å². The number of hydrogen-bond donors (Lipinski definition) is 1. The van der Waals surface area contributed by atoms with Gasteiger partial charge in [-0.05, 0) is 37.6 Å². The van der Waals surface area contributed by atoms with E-state index in [0.29, 0.717) is 4.90 Å². The maximum absolute atomic E-state index is 12.6. The van der Waals surface area contributed by atoms with Crippen LogP contribution in [0.15, 0.2) is 29.2 Å². The van der Waals surface area contributed by atoms with Gasteiger partial charge >= 0.3 is 6.18 Å². The quantitative estimate of drug-likeness (QED) is 0.866. The number of piperidine rings is 1. The summed E-state index contributed by atoms with van der Waals surface area (Å²) < 4.78 is 37.8. The minimum atomic E-state index is -4.27. The molecular weight excluding hydrogens is 285 g/mol. The molecule has 2 rings (SSSR count). The van der Waals surface area contributed by atoms with Gasteiger partial charge in [-0.2, -0.15) is 13.2 Å². The molecule has 0 aromatic heterocycles. The average molecular weight is 304 g/mol. The van der Waals surface area contributed by atoms with E-state index in [-0.39, 0.29) is 6.04 Å². The lowest BCUT2D eigenvalue weighted by atomic mass is 10.1. The van der Waals surface area contributed by atoms with Gasteiger partial charge in [0.05, 0.1) is 5.56 Å². The van der Waals surface area contributed by atoms with Crippen LogP contribution in [0.4, 0.5) is 13.2 Å². The fraction of sp³-hybridized carbons (Fsp3) is 0.571. The fourth-order valence-corrected chi connectivity index (χ4v) is 3.32. The van der Waals surface area contributed by atoms with Crippen LogP contribution in [0.5, 0.6) is 0 Å². The zero-order valence-electron chi connectivity index (χ0n) is 11.2. The summed E-state index contributed by atoms with van der Waals surface area (Å²) in [5, 5.41) is 0. The van der Waals surface area contributed by atoms with Crippen molar-refractivity contribution in [3.8, 4) is 0 Å². The van der Waals surface area contributed by atoms with E-state index in [1.807, 2.05) is 0 Å². The standard InChI is InChI=1S/C14H19F3N2S/c15-14(16,17)11-3-1-5-13(9-11)20-8-7-19-6-2-4-12(18)10-19/h1,3,5,9,12H,2,4,6-8,10,18H2. The molecule has 1 atom stereocenters. The van der Waals surface area contributed by atoms with Crippen molar-refractivity contribution in [2.75, 3.05) is 25.4 Å². The van der Waals surface area contributed by atoms with Gasteiger partial charge in [-0.25, -0.2) is 0 Å². The van der Waals surface area contributed by atoms with E-state index < -0.39 is 11.7 Å². The predicted octanol–water partition coefficient (Wildman–Crippen LogP) is 3.22. The fourth-order valence-electron chi connectivity index (χ4n) is 2.35. The first-order valence-electron chi connectivity index (χ1n) is 6.73. The van der Waals surface area contributed by atoms with E-state index in [9.17, 15) is 13.2 Å². The predicted molar refractivity (Wildman–Crippen MR) is 75.8 cm³/mol. The van der Waals surface area contributed by atoms with Crippen LogP contribution in [-0.4, -0.2) is 36.3 Å². The van der Waals surface area contributed by atoms with Gasteiger partial charge in [0.15, 0.2) is 0 Å². The van der Waals surface area contributed by atoms with Crippen LogP contribution in [0.25, 0.3) is 0 Å². The molecule has 1 aliphatic rings. The minimum absolute atomic E-state index is 0.238. The maximum atomic E-state index is 12.6. The Labute approximate surface area is 121 Å². The molecule has 0 saturated carbocycles. The summed E-state index contributed by atoms with van der Waals surface area (Å²) in [5.41, 5.74) is 5.32. The number of likely N-dealkylation sites (tertiary alicyclic amines) is 1. The highest BCUT2D eigenvalue weighted by Crippen LogP contribution is 2.31. The summed E-state index contributed by atoms with van der Waals surface area (Å²) >= 11 is 1.46. The average Bonchev–Trinajstić information content (AvgIpc) is 2.38. The van der Waals surface area contributed by atoms with Crippen molar-refractivity contribution < 1.29 is 13.2 Å². The number of rotatable bonds is 4. The first-order valence-corrected chi connectivity index (χ1v) is 7.72. The van der Waals surface area contributed by atoms with E-state index in [1.165, 1.54) is 23.9 Å². The van der Waals surface area contributed by atoms with Crippen LogP contribution in [0.2, 0.25) is 0 Å². The molecule has 0 spiro atoms. The molecule has 1 aromatic carbocycles. The number of halogens is 3. The number of alkyl halides is 3. The monoisotopic (exact) mass is 304 g/mol. The highest BCUT2D eigenvalue weighted by atomic mass is 32.2. The molecule has 0 amide bonds. The van der Waals surface area contributed by atoms with Gasteiger partial charge in [-0.1, -0.05) is 6.07 Å². The Kier molecular flexibility index (Phi) is 5.35. The summed E-state index contributed by atoms with van der Waals surface area (Å²) in [6, 6.07) is 5.74. The second-order valence-electron chi connectivity index (χ2n) is 5.08. The highest BCUT2D eigenvalue weighted by Gasteiger charge is 2.30. The van der Waals surface area contributed by atoms with Crippen molar-refractivity contribution in [2.45, 2.75) is 30.0 Å². The summed E-state index contributed by atoms with van der Waals surface area (Å²) in [6.45, 7) is 2.80. The van der Waals surface area contributed by atoms with Crippen molar-refractivity contribution >= 4 is 11.8 Å². The van der Waals surface area contributed by atoms with Crippen LogP contribution in [0.3, 0.4) is 0 Å². The number of hydrogen-bond acceptors (Lipinski definition) is 3. The zero-order valence-corrected chi connectivity index (χ0v) is 12.0. The second-order valence-corrected chi connectivity index (χ2v) is 6.25. The molecule has 2 nitrogen and oxygen atoms in total. The highest BCUT2D eigenvalue weighted by molar-refractivity contribution is 7.99. The Bertz CT molecular complexity index is 437. The van der Waals surface area contributed by atoms with Crippen molar-refractivity contribution in [3.63, 3.8) is 0 Å². The molecule has 1 unspecified atom stereocenters. The Hall–Kier alpha value is -0.720. The van der Waals surface area contributed by atoms with E-state index in [2.05, 4.69) is 4.90 Å². The molecule has 1 fully saturated rings. The lowest BCUT2D eigenvalue weighted by molar-refractivity contribution is -0.137. The van der Waals surface area contributed by atoms with Crippen LogP contribution >= 0.6 is 11.8 Å². The number of nitrogens with zero attached hydrogens (tertiary/aromatic N) is 1. The molecule has 1 saturated heterocycles. The normalized spacial score (nSPS) is 21.1. The lowest BCUT2D eigenvalue weighted by Gasteiger charge is -2.30. The molecule has 112 valence electrons. The molecule has 1 aliphatic heterocycles. The maximum Gasteiger partial charge on any atom is 0.416 e. The minimum Gasteiger partial charge on any atom is -0.327 e. The van der Waals surface area contributed by atoms with Crippen molar-refractivity contribution in [3.05, 3.63) is 29.8 Å². The van der Waals surface area contributed by atoms with Crippen LogP contribution in [-0.2, 0) is 6.18 Å². The Morgan fingerprint density at radius 1 is 1.35 bits per heavy atom. The third kappa shape index (κ3) is 4.68. The third-order valence-electron chi connectivity index (χ3n) is 3.38. The van der Waals surface area contributed by atoms with Gasteiger partial charge in [0, 0.05) is 29.8 Å². The summed E-state index contributed by atoms with van der Waals surface area (Å²) in [5.74, 6) is 0.786. The Balaban J connectivity index is 1.82. The van der Waals surface area contributed by atoms with Gasteiger partial charge in [-0.15, -0.1) is 11.8 Å². The third-order valence-corrected chi connectivity index (χ3v) is 4.35. The van der Waals surface area contributed by atoms with Crippen molar-refractivity contribution in [1.82, 2.24) is 4.90 Å². The van der Waals surface area contributed by atoms with Gasteiger partial charge < -0.3 is 10.6 Å². The van der Waals surface area contributed by atoms with Crippen LogP contribution in [0.1, 0.15) is 18.4 Å². The molecular formula is C14H19F3N2S. The van der Waals surface area contributed by atoms with E-state index in [4.69, 9.17) is 5.73 Å². The number of benzene rings is 1. The molecule has 2 N–H and O–H groups in total. The number of nitrogens with two attached hydrogens (primary N) is 1. The first kappa shape index (κ1) is 15.7. The molecule has 6 heteroatoms. The Morgan fingerprint density at radius 3 is 2.85 bits per heavy atom. The van der Waals surface area contributed by atoms with Gasteiger partial charge in [0.1, 0.15) is 0 Å². The molecule has 0 bridgehead atoms. The topological polar surface area (TPSA) is 29.3 Å². The largest absolute Gasteiger partial charge is 0.416 e. The van der Waals surface area contributed by atoms with E-state index >= 15 is 0 Å². The van der Waals surface area contributed by atoms with Gasteiger partial charge in [-0.3, -0.25) is 0 Å². The van der Waals surface area contributed by atoms with Crippen molar-refractivity contribution in [1.29, 1.82) is 0 Å². The van der Waals surface area contributed by atoms with Crippen LogP contribution < -0.4 is 5.73 Å². The first-order chi connectivity index (χ1) is 9.45. The molecule has 0 radical (unpaired) electrons. The summed E-state index contributed by atoms with van der Waals surface area (Å²) in [7, 11) is 0. The SMILES string of the molecule is NC1CCCN(CCSc2cccc(C(F)(F)F)c2)C1. The Morgan fingerprint density at radius 2 is 2.15 bits per heavy atom. The van der Waals surface area contributed by atoms with Gasteiger partial charge in [0.2, 0.25) is 0 Å². The van der Waals surface area contributed by atoms with E-state index in [0.717, 1.165) is 44.3 Å². The van der Waals surface area contributed by atoms with E-state index in [1.54, 1.807) is 6.07 Å². The number of thioether (sulfide) groups is 1. The van der Waals surface area contributed by atoms with Crippen LogP contribution in [0, 0.1) is 0 Å².